The van der Waals surface area contributed by atoms with Gasteiger partial charge in [-0.05, 0) is 32.9 Å². The molecule has 0 aromatic carbocycles. The van der Waals surface area contributed by atoms with Crippen LogP contribution in [0.15, 0.2) is 6.33 Å². The van der Waals surface area contributed by atoms with Crippen LogP contribution in [0.3, 0.4) is 0 Å². The van der Waals surface area contributed by atoms with Crippen molar-refractivity contribution in [1.29, 1.82) is 0 Å². The first kappa shape index (κ1) is 13.1. The van der Waals surface area contributed by atoms with Crippen molar-refractivity contribution in [3.63, 3.8) is 0 Å². The third-order valence-corrected chi connectivity index (χ3v) is 3.49. The first-order valence-electron chi connectivity index (χ1n) is 6.77. The minimum atomic E-state index is 0.894. The second-order valence-corrected chi connectivity index (χ2v) is 4.77. The molecule has 0 bridgehead atoms. The molecule has 1 saturated heterocycles. The number of anilines is 2. The molecular weight excluding hydrogens is 226 g/mol. The van der Waals surface area contributed by atoms with E-state index in [-0.39, 0.29) is 0 Å². The summed E-state index contributed by atoms with van der Waals surface area (Å²) in [6.07, 6.45) is 5.68. The molecule has 5 heteroatoms. The number of hydrogen-bond acceptors (Lipinski definition) is 5. The van der Waals surface area contributed by atoms with Gasteiger partial charge in [0, 0.05) is 25.7 Å². The Morgan fingerprint density at radius 1 is 1.17 bits per heavy atom. The maximum atomic E-state index is 4.29. The van der Waals surface area contributed by atoms with E-state index in [1.165, 1.54) is 32.4 Å². The van der Waals surface area contributed by atoms with Gasteiger partial charge in [0.2, 0.25) is 0 Å². The lowest BCUT2D eigenvalue weighted by molar-refractivity contribution is 0.237. The van der Waals surface area contributed by atoms with Crippen LogP contribution in [0.2, 0.25) is 0 Å². The molecule has 2 heterocycles. The molecule has 0 spiro atoms. The Morgan fingerprint density at radius 3 is 2.61 bits per heavy atom. The maximum absolute atomic E-state index is 4.29. The number of nitrogens with one attached hydrogen (secondary N) is 2. The average molecular weight is 249 g/mol. The normalized spacial score (nSPS) is 16.6. The van der Waals surface area contributed by atoms with Gasteiger partial charge in [0.25, 0.3) is 0 Å². The zero-order valence-electron chi connectivity index (χ0n) is 11.4. The van der Waals surface area contributed by atoms with Crippen LogP contribution in [0.4, 0.5) is 11.6 Å². The molecule has 100 valence electrons. The molecule has 2 N–H and O–H groups in total. The molecule has 1 aromatic heterocycles. The van der Waals surface area contributed by atoms with Gasteiger partial charge in [0.05, 0.1) is 0 Å². The summed E-state index contributed by atoms with van der Waals surface area (Å²) < 4.78 is 0. The third-order valence-electron chi connectivity index (χ3n) is 3.49. The molecule has 0 atom stereocenters. The van der Waals surface area contributed by atoms with E-state index in [0.29, 0.717) is 0 Å². The zero-order chi connectivity index (χ0) is 12.8. The number of likely N-dealkylation sites (tertiary alicyclic amines) is 1. The van der Waals surface area contributed by atoms with Crippen LogP contribution < -0.4 is 10.6 Å². The predicted octanol–water partition coefficient (Wildman–Crippen LogP) is 1.72. The summed E-state index contributed by atoms with van der Waals surface area (Å²) in [4.78, 5) is 11.0. The van der Waals surface area contributed by atoms with Gasteiger partial charge in [-0.3, -0.25) is 0 Å². The number of nitrogens with zero attached hydrogens (tertiary/aromatic N) is 3. The van der Waals surface area contributed by atoms with Crippen molar-refractivity contribution in [2.24, 2.45) is 0 Å². The highest BCUT2D eigenvalue weighted by molar-refractivity contribution is 5.55. The van der Waals surface area contributed by atoms with Gasteiger partial charge in [0.1, 0.15) is 18.0 Å². The molecule has 0 aliphatic carbocycles. The van der Waals surface area contributed by atoms with Crippen LogP contribution in [0.5, 0.6) is 0 Å². The molecule has 2 rings (SSSR count). The van der Waals surface area contributed by atoms with Crippen LogP contribution in [0, 0.1) is 6.92 Å². The van der Waals surface area contributed by atoms with Gasteiger partial charge < -0.3 is 15.5 Å². The van der Waals surface area contributed by atoms with Crippen molar-refractivity contribution in [3.05, 3.63) is 11.9 Å². The molecule has 0 radical (unpaired) electrons. The summed E-state index contributed by atoms with van der Waals surface area (Å²) in [7, 11) is 1.88. The number of rotatable bonds is 5. The molecule has 1 aromatic rings. The highest BCUT2D eigenvalue weighted by Crippen LogP contribution is 2.17. The van der Waals surface area contributed by atoms with Crippen molar-refractivity contribution in [1.82, 2.24) is 14.9 Å². The van der Waals surface area contributed by atoms with Crippen LogP contribution in [0.1, 0.15) is 24.8 Å². The summed E-state index contributed by atoms with van der Waals surface area (Å²) in [5, 5.41) is 6.48. The van der Waals surface area contributed by atoms with E-state index < -0.39 is 0 Å². The quantitative estimate of drug-likeness (QED) is 0.832. The molecule has 0 unspecified atom stereocenters. The summed E-state index contributed by atoms with van der Waals surface area (Å²) >= 11 is 0. The predicted molar refractivity (Wildman–Crippen MR) is 75.1 cm³/mol. The van der Waals surface area contributed by atoms with Gasteiger partial charge in [-0.1, -0.05) is 6.42 Å². The molecule has 1 aliphatic rings. The Bertz CT molecular complexity index is 374. The van der Waals surface area contributed by atoms with Gasteiger partial charge in [-0.2, -0.15) is 0 Å². The molecular formula is C13H23N5. The number of piperidine rings is 1. The molecule has 18 heavy (non-hydrogen) atoms. The fraction of sp³-hybridized carbons (Fsp3) is 0.692. The van der Waals surface area contributed by atoms with Crippen molar-refractivity contribution in [3.8, 4) is 0 Å². The zero-order valence-corrected chi connectivity index (χ0v) is 11.4. The highest BCUT2D eigenvalue weighted by Gasteiger charge is 2.10. The largest absolute Gasteiger partial charge is 0.373 e. The summed E-state index contributed by atoms with van der Waals surface area (Å²) in [5.74, 6) is 1.83. The first-order chi connectivity index (χ1) is 8.81. The molecule has 1 fully saturated rings. The Morgan fingerprint density at radius 2 is 1.89 bits per heavy atom. The van der Waals surface area contributed by atoms with Gasteiger partial charge in [0.15, 0.2) is 0 Å². The molecule has 5 nitrogen and oxygen atoms in total. The SMILES string of the molecule is CNc1ncnc(NCCN2CCCCC2)c1C. The Labute approximate surface area is 109 Å². The molecule has 0 amide bonds. The van der Waals surface area contributed by atoms with Crippen molar-refractivity contribution < 1.29 is 0 Å². The van der Waals surface area contributed by atoms with Crippen molar-refractivity contribution in [2.45, 2.75) is 26.2 Å². The van der Waals surface area contributed by atoms with Gasteiger partial charge in [-0.15, -0.1) is 0 Å². The van der Waals surface area contributed by atoms with Gasteiger partial charge >= 0.3 is 0 Å². The first-order valence-corrected chi connectivity index (χ1v) is 6.77. The van der Waals surface area contributed by atoms with Gasteiger partial charge in [-0.25, -0.2) is 9.97 Å². The Balaban J connectivity index is 1.82. The number of hydrogen-bond donors (Lipinski definition) is 2. The van der Waals surface area contributed by atoms with Crippen LogP contribution >= 0.6 is 0 Å². The van der Waals surface area contributed by atoms with E-state index in [0.717, 1.165) is 30.3 Å². The van der Waals surface area contributed by atoms with E-state index in [2.05, 4.69) is 25.5 Å². The van der Waals surface area contributed by atoms with Crippen LogP contribution in [0.25, 0.3) is 0 Å². The van der Waals surface area contributed by atoms with E-state index >= 15 is 0 Å². The van der Waals surface area contributed by atoms with E-state index in [1.807, 2.05) is 14.0 Å². The van der Waals surface area contributed by atoms with E-state index in [1.54, 1.807) is 6.33 Å². The number of aromatic nitrogens is 2. The lowest BCUT2D eigenvalue weighted by Gasteiger charge is -2.26. The lowest BCUT2D eigenvalue weighted by Crippen LogP contribution is -2.33. The summed E-state index contributed by atoms with van der Waals surface area (Å²) in [6.45, 7) is 6.56. The minimum absolute atomic E-state index is 0.894. The Hall–Kier alpha value is -1.36. The fourth-order valence-electron chi connectivity index (χ4n) is 2.40. The maximum Gasteiger partial charge on any atom is 0.134 e. The van der Waals surface area contributed by atoms with Crippen LogP contribution in [-0.2, 0) is 0 Å². The minimum Gasteiger partial charge on any atom is -0.373 e. The second kappa shape index (κ2) is 6.54. The standard InChI is InChI=1S/C13H23N5/c1-11-12(14-2)16-10-17-13(11)15-6-9-18-7-4-3-5-8-18/h10H,3-9H2,1-2H3,(H2,14,15,16,17). The van der Waals surface area contributed by atoms with E-state index in [9.17, 15) is 0 Å². The average Bonchev–Trinajstić information content (AvgIpc) is 2.42. The third kappa shape index (κ3) is 3.32. The fourth-order valence-corrected chi connectivity index (χ4v) is 2.40. The summed E-state index contributed by atoms with van der Waals surface area (Å²) in [5.41, 5.74) is 1.08. The van der Waals surface area contributed by atoms with E-state index in [4.69, 9.17) is 0 Å². The monoisotopic (exact) mass is 249 g/mol. The highest BCUT2D eigenvalue weighted by atomic mass is 15.2. The molecule has 0 saturated carbocycles. The second-order valence-electron chi connectivity index (χ2n) is 4.77. The lowest BCUT2D eigenvalue weighted by atomic mass is 10.1. The van der Waals surface area contributed by atoms with Crippen molar-refractivity contribution >= 4 is 11.6 Å². The smallest absolute Gasteiger partial charge is 0.134 e. The topological polar surface area (TPSA) is 53.1 Å². The Kier molecular flexibility index (Phi) is 4.75. The molecule has 1 aliphatic heterocycles. The van der Waals surface area contributed by atoms with Crippen molar-refractivity contribution in [2.75, 3.05) is 43.9 Å². The van der Waals surface area contributed by atoms with Crippen LogP contribution in [-0.4, -0.2) is 48.1 Å². The summed E-state index contributed by atoms with van der Waals surface area (Å²) in [6, 6.07) is 0.